The first-order chi connectivity index (χ1) is 16.3. The van der Waals surface area contributed by atoms with Crippen molar-refractivity contribution in [2.75, 3.05) is 70.1 Å². The number of benzene rings is 2. The highest BCUT2D eigenvalue weighted by molar-refractivity contribution is 7.90. The van der Waals surface area contributed by atoms with Gasteiger partial charge in [0.15, 0.2) is 9.84 Å². The molecule has 0 radical (unpaired) electrons. The van der Waals surface area contributed by atoms with E-state index in [0.29, 0.717) is 5.13 Å². The maximum atomic E-state index is 11.8. The molecule has 0 atom stereocenters. The maximum Gasteiger partial charge on any atom is 0.231 e. The normalized spacial score (nSPS) is 22.6. The summed E-state index contributed by atoms with van der Waals surface area (Å²) in [6.07, 6.45) is 1.20. The lowest BCUT2D eigenvalue weighted by Crippen LogP contribution is -2.68. The molecular weight excluding hydrogens is 468 g/mol. The van der Waals surface area contributed by atoms with E-state index in [4.69, 9.17) is 0 Å². The van der Waals surface area contributed by atoms with Crippen molar-refractivity contribution in [1.82, 2.24) is 9.88 Å². The molecule has 0 spiro atoms. The Bertz CT molecular complexity index is 1280. The molecule has 3 aliphatic heterocycles. The Balaban J connectivity index is 1.24. The SMILES string of the molecule is CCN(CC[N+]12CCN(CC1)CC2)c1ccc(N=Nc2nc3ccc(S(C)(=O)=O)cc3s2)cc1. The zero-order valence-corrected chi connectivity index (χ0v) is 21.4. The van der Waals surface area contributed by atoms with Crippen molar-refractivity contribution in [3.05, 3.63) is 42.5 Å². The number of anilines is 1. The molecule has 8 nitrogen and oxygen atoms in total. The summed E-state index contributed by atoms with van der Waals surface area (Å²) in [5, 5.41) is 9.14. The Kier molecular flexibility index (Phi) is 6.41. The summed E-state index contributed by atoms with van der Waals surface area (Å²) in [5.41, 5.74) is 2.70. The highest BCUT2D eigenvalue weighted by Crippen LogP contribution is 2.31. The Labute approximate surface area is 205 Å². The highest BCUT2D eigenvalue weighted by Gasteiger charge is 2.38. The van der Waals surface area contributed by atoms with Gasteiger partial charge in [-0.15, -0.1) is 10.2 Å². The topological polar surface area (TPSA) is 78.2 Å². The number of fused-ring (bicyclic) bond motifs is 4. The molecular formula is C24H31N6O2S2+. The van der Waals surface area contributed by atoms with E-state index < -0.39 is 9.84 Å². The second-order valence-corrected chi connectivity index (χ2v) is 12.3. The van der Waals surface area contributed by atoms with Crippen molar-refractivity contribution in [1.29, 1.82) is 0 Å². The van der Waals surface area contributed by atoms with Crippen molar-refractivity contribution in [2.45, 2.75) is 11.8 Å². The molecule has 0 N–H and O–H groups in total. The highest BCUT2D eigenvalue weighted by atomic mass is 32.2. The Hall–Kier alpha value is -2.40. The lowest BCUT2D eigenvalue weighted by molar-refractivity contribution is -0.939. The molecule has 0 amide bonds. The molecule has 180 valence electrons. The number of aromatic nitrogens is 1. The van der Waals surface area contributed by atoms with Crippen LogP contribution in [0, 0.1) is 0 Å². The molecule has 34 heavy (non-hydrogen) atoms. The maximum absolute atomic E-state index is 11.8. The van der Waals surface area contributed by atoms with Gasteiger partial charge < -0.3 is 9.38 Å². The minimum Gasteiger partial charge on any atom is -0.366 e. The first-order valence-electron chi connectivity index (χ1n) is 11.8. The average molecular weight is 500 g/mol. The fourth-order valence-electron chi connectivity index (χ4n) is 4.87. The molecule has 3 fully saturated rings. The number of likely N-dealkylation sites (N-methyl/N-ethyl adjacent to an activating group) is 1. The fourth-order valence-corrected chi connectivity index (χ4v) is 6.41. The van der Waals surface area contributed by atoms with Gasteiger partial charge in [0, 0.05) is 38.1 Å². The molecule has 3 aliphatic rings. The molecule has 2 bridgehead atoms. The van der Waals surface area contributed by atoms with Crippen LogP contribution >= 0.6 is 11.3 Å². The summed E-state index contributed by atoms with van der Waals surface area (Å²) < 4.78 is 25.6. The van der Waals surface area contributed by atoms with Crippen molar-refractivity contribution >= 4 is 47.9 Å². The number of rotatable bonds is 8. The Morgan fingerprint density at radius 1 is 1.06 bits per heavy atom. The number of quaternary nitrogens is 1. The first-order valence-corrected chi connectivity index (χ1v) is 14.5. The van der Waals surface area contributed by atoms with Gasteiger partial charge >= 0.3 is 0 Å². The number of hydrogen-bond acceptors (Lipinski definition) is 8. The largest absolute Gasteiger partial charge is 0.366 e. The van der Waals surface area contributed by atoms with Crippen molar-refractivity contribution in [2.24, 2.45) is 10.2 Å². The number of piperazine rings is 3. The van der Waals surface area contributed by atoms with Gasteiger partial charge in [-0.2, -0.15) is 0 Å². The van der Waals surface area contributed by atoms with Crippen LogP contribution in [0.25, 0.3) is 10.2 Å². The van der Waals surface area contributed by atoms with Crippen LogP contribution < -0.4 is 4.90 Å². The minimum absolute atomic E-state index is 0.288. The molecule has 0 unspecified atom stereocenters. The molecule has 2 aromatic carbocycles. The van der Waals surface area contributed by atoms with E-state index in [-0.39, 0.29) is 4.90 Å². The van der Waals surface area contributed by atoms with Gasteiger partial charge in [-0.25, -0.2) is 13.4 Å². The number of sulfone groups is 1. The van der Waals surface area contributed by atoms with Crippen LogP contribution in [0.5, 0.6) is 0 Å². The molecule has 4 heterocycles. The van der Waals surface area contributed by atoms with Crippen LogP contribution in [-0.2, 0) is 9.84 Å². The van der Waals surface area contributed by atoms with E-state index in [9.17, 15) is 8.42 Å². The summed E-state index contributed by atoms with van der Waals surface area (Å²) in [6, 6.07) is 13.1. The summed E-state index contributed by atoms with van der Waals surface area (Å²) in [6.45, 7) is 13.1. The third kappa shape index (κ3) is 5.00. The van der Waals surface area contributed by atoms with E-state index in [1.54, 1.807) is 18.2 Å². The molecule has 6 rings (SSSR count). The van der Waals surface area contributed by atoms with Crippen LogP contribution in [-0.4, -0.2) is 87.9 Å². The zero-order valence-electron chi connectivity index (χ0n) is 19.7. The molecule has 0 aliphatic carbocycles. The van der Waals surface area contributed by atoms with Gasteiger partial charge in [0.1, 0.15) is 0 Å². The summed E-state index contributed by atoms with van der Waals surface area (Å²) in [4.78, 5) is 9.77. The lowest BCUT2D eigenvalue weighted by Gasteiger charge is -2.51. The third-order valence-corrected chi connectivity index (χ3v) is 9.15. The van der Waals surface area contributed by atoms with Crippen LogP contribution in [0.2, 0.25) is 0 Å². The fraction of sp³-hybridized carbons (Fsp3) is 0.458. The van der Waals surface area contributed by atoms with Crippen LogP contribution in [0.4, 0.5) is 16.5 Å². The van der Waals surface area contributed by atoms with Crippen molar-refractivity contribution in [3.63, 3.8) is 0 Å². The van der Waals surface area contributed by atoms with Gasteiger partial charge in [0.05, 0.1) is 53.5 Å². The monoisotopic (exact) mass is 499 g/mol. The van der Waals surface area contributed by atoms with E-state index in [1.807, 2.05) is 12.1 Å². The minimum atomic E-state index is -3.25. The van der Waals surface area contributed by atoms with Crippen molar-refractivity contribution < 1.29 is 12.9 Å². The second kappa shape index (κ2) is 9.33. The molecule has 1 aromatic heterocycles. The van der Waals surface area contributed by atoms with Crippen LogP contribution in [0.3, 0.4) is 0 Å². The van der Waals surface area contributed by atoms with Gasteiger partial charge in [0.25, 0.3) is 0 Å². The lowest BCUT2D eigenvalue weighted by atomic mass is 10.1. The smallest absolute Gasteiger partial charge is 0.231 e. The van der Waals surface area contributed by atoms with Gasteiger partial charge in [-0.1, -0.05) is 11.3 Å². The summed E-state index contributed by atoms with van der Waals surface area (Å²) in [7, 11) is -3.25. The second-order valence-electron chi connectivity index (χ2n) is 9.27. The Morgan fingerprint density at radius 2 is 1.76 bits per heavy atom. The number of nitrogens with zero attached hydrogens (tertiary/aromatic N) is 6. The van der Waals surface area contributed by atoms with Crippen LogP contribution in [0.15, 0.2) is 57.6 Å². The van der Waals surface area contributed by atoms with Gasteiger partial charge in [-0.05, 0) is 49.4 Å². The molecule has 0 saturated carbocycles. The molecule has 10 heteroatoms. The van der Waals surface area contributed by atoms with Crippen LogP contribution in [0.1, 0.15) is 6.92 Å². The van der Waals surface area contributed by atoms with E-state index >= 15 is 0 Å². The molecule has 3 aromatic rings. The van der Waals surface area contributed by atoms with E-state index in [2.05, 4.69) is 44.1 Å². The number of hydrogen-bond donors (Lipinski definition) is 0. The van der Waals surface area contributed by atoms with Crippen molar-refractivity contribution in [3.8, 4) is 0 Å². The van der Waals surface area contributed by atoms with E-state index in [1.165, 1.54) is 73.6 Å². The average Bonchev–Trinajstić information content (AvgIpc) is 3.27. The van der Waals surface area contributed by atoms with E-state index in [0.717, 1.165) is 29.0 Å². The molecule has 3 saturated heterocycles. The first kappa shape index (κ1) is 23.3. The van der Waals surface area contributed by atoms with Gasteiger partial charge in [-0.3, -0.25) is 4.90 Å². The number of azo groups is 1. The Morgan fingerprint density at radius 3 is 2.41 bits per heavy atom. The zero-order chi connectivity index (χ0) is 23.8. The predicted molar refractivity (Wildman–Crippen MR) is 137 cm³/mol. The number of thiazole rings is 1. The third-order valence-electron chi connectivity index (χ3n) is 7.14. The standard InChI is InChI=1S/C24H31N6O2S2/c1-3-29(13-17-30-14-10-28(11-15-30)12-16-30)20-6-4-19(5-7-20)26-27-24-25-22-9-8-21(34(2,31)32)18-23(22)33-24/h4-9,18H,3,10-17H2,1-2H3/q+1. The quantitative estimate of drug-likeness (QED) is 0.345. The van der Waals surface area contributed by atoms with Gasteiger partial charge in [0.2, 0.25) is 5.13 Å². The summed E-state index contributed by atoms with van der Waals surface area (Å²) in [5.74, 6) is 0. The summed E-state index contributed by atoms with van der Waals surface area (Å²) >= 11 is 1.33. The predicted octanol–water partition coefficient (Wildman–Crippen LogP) is 4.09.